The lowest BCUT2D eigenvalue weighted by Gasteiger charge is -2.33. The molecule has 3 atom stereocenters. The van der Waals surface area contributed by atoms with Crippen molar-refractivity contribution in [2.75, 3.05) is 0 Å². The summed E-state index contributed by atoms with van der Waals surface area (Å²) >= 11 is 0. The van der Waals surface area contributed by atoms with Crippen LogP contribution in [-0.2, 0) is 9.59 Å². The molecule has 0 fully saturated rings. The summed E-state index contributed by atoms with van der Waals surface area (Å²) in [5.41, 5.74) is 0. The van der Waals surface area contributed by atoms with E-state index in [0.29, 0.717) is 41.9 Å². The van der Waals surface area contributed by atoms with Gasteiger partial charge >= 0.3 is 11.9 Å². The third-order valence-corrected chi connectivity index (χ3v) is 10.5. The topological polar surface area (TPSA) is 94.8 Å². The van der Waals surface area contributed by atoms with E-state index in [-0.39, 0.29) is 17.9 Å². The van der Waals surface area contributed by atoms with E-state index in [9.17, 15) is 19.8 Å². The number of hydrogen-bond acceptors (Lipinski definition) is 3. The maximum atomic E-state index is 12.6. The Hall–Kier alpha value is -1.10. The molecule has 0 spiro atoms. The van der Waals surface area contributed by atoms with E-state index in [2.05, 4.69) is 55.4 Å². The van der Waals surface area contributed by atoms with Crippen molar-refractivity contribution < 1.29 is 24.9 Å². The van der Waals surface area contributed by atoms with Gasteiger partial charge in [-0.2, -0.15) is 0 Å². The van der Waals surface area contributed by atoms with Gasteiger partial charge in [-0.1, -0.05) is 145 Å². The molecule has 5 heteroatoms. The molecule has 0 aliphatic heterocycles. The first-order chi connectivity index (χ1) is 22.7. The number of rotatable bonds is 34. The summed E-state index contributed by atoms with van der Waals surface area (Å²) in [7, 11) is 0. The summed E-state index contributed by atoms with van der Waals surface area (Å²) < 4.78 is 0. The van der Waals surface area contributed by atoms with Gasteiger partial charge in [0.15, 0.2) is 0 Å². The van der Waals surface area contributed by atoms with Gasteiger partial charge in [0.05, 0.1) is 12.0 Å². The van der Waals surface area contributed by atoms with Crippen molar-refractivity contribution in [2.24, 2.45) is 47.3 Å². The summed E-state index contributed by atoms with van der Waals surface area (Å²) in [6.07, 6.45) is 25.9. The van der Waals surface area contributed by atoms with Crippen LogP contribution in [0.15, 0.2) is 0 Å². The highest BCUT2D eigenvalue weighted by Crippen LogP contribution is 2.38. The van der Waals surface area contributed by atoms with Gasteiger partial charge in [0.25, 0.3) is 0 Å². The van der Waals surface area contributed by atoms with Crippen LogP contribution in [0.4, 0.5) is 0 Å². The molecule has 0 aliphatic carbocycles. The van der Waals surface area contributed by atoms with Gasteiger partial charge in [0, 0.05) is 6.42 Å². The lowest BCUT2D eigenvalue weighted by Crippen LogP contribution is -2.28. The van der Waals surface area contributed by atoms with Crippen LogP contribution in [0.5, 0.6) is 0 Å². The highest BCUT2D eigenvalue weighted by molar-refractivity contribution is 5.70. The van der Waals surface area contributed by atoms with Gasteiger partial charge in [0.1, 0.15) is 0 Å². The summed E-state index contributed by atoms with van der Waals surface area (Å²) in [5.74, 6) is 2.46. The summed E-state index contributed by atoms with van der Waals surface area (Å²) in [6.45, 7) is 18.3. The molecule has 0 rings (SSSR count). The fourth-order valence-electron chi connectivity index (χ4n) is 8.25. The van der Waals surface area contributed by atoms with Crippen LogP contribution in [0.3, 0.4) is 0 Å². The van der Waals surface area contributed by atoms with Gasteiger partial charge in [-0.25, -0.2) is 0 Å². The quantitative estimate of drug-likeness (QED) is 0.0588. The Balaban J connectivity index is 4.61. The highest BCUT2D eigenvalue weighted by Gasteiger charge is 2.31. The third-order valence-electron chi connectivity index (χ3n) is 10.5. The molecule has 0 aliphatic rings. The normalized spacial score (nSPS) is 14.2. The van der Waals surface area contributed by atoms with E-state index in [1.165, 1.54) is 77.0 Å². The maximum Gasteiger partial charge on any atom is 0.306 e. The Morgan fingerprint density at radius 3 is 1.15 bits per heavy atom. The van der Waals surface area contributed by atoms with E-state index >= 15 is 0 Å². The second kappa shape index (κ2) is 29.6. The van der Waals surface area contributed by atoms with Gasteiger partial charge in [-0.15, -0.1) is 0 Å². The number of unbranched alkanes of at least 4 members (excludes halogenated alkanes) is 12. The first-order valence-corrected chi connectivity index (χ1v) is 20.8. The van der Waals surface area contributed by atoms with Gasteiger partial charge in [-0.05, 0) is 99.2 Å². The van der Waals surface area contributed by atoms with Crippen LogP contribution >= 0.6 is 0 Å². The summed E-state index contributed by atoms with van der Waals surface area (Å²) in [6, 6.07) is 0. The standard InChI is InChI=1S/C43H84O5/c1-33(2)29-38(30-34(3)4)37(27-28-41(43(47)48)39(31-35(5)6)32-36(7)8)23-19-15-14-17-21-25-40(44)24-20-16-12-10-9-11-13-18-22-26-42(45)46/h33-41,44H,9-32H2,1-8H3,(H,45,46)(H,47,48). The minimum Gasteiger partial charge on any atom is -0.481 e. The lowest BCUT2D eigenvalue weighted by molar-refractivity contribution is -0.144. The van der Waals surface area contributed by atoms with E-state index in [1.54, 1.807) is 0 Å². The maximum absolute atomic E-state index is 12.6. The fourth-order valence-corrected chi connectivity index (χ4v) is 8.25. The van der Waals surface area contributed by atoms with Crippen molar-refractivity contribution in [3.05, 3.63) is 0 Å². The summed E-state index contributed by atoms with van der Waals surface area (Å²) in [4.78, 5) is 23.1. The third kappa shape index (κ3) is 27.7. The number of hydrogen-bond donors (Lipinski definition) is 3. The van der Waals surface area contributed by atoms with Gasteiger partial charge in [0.2, 0.25) is 0 Å². The van der Waals surface area contributed by atoms with Crippen molar-refractivity contribution in [1.82, 2.24) is 0 Å². The highest BCUT2D eigenvalue weighted by atomic mass is 16.4. The predicted molar refractivity (Wildman–Crippen MR) is 205 cm³/mol. The second-order valence-electron chi connectivity index (χ2n) is 17.4. The van der Waals surface area contributed by atoms with Crippen LogP contribution in [0.1, 0.15) is 209 Å². The lowest BCUT2D eigenvalue weighted by atomic mass is 9.72. The summed E-state index contributed by atoms with van der Waals surface area (Å²) in [5, 5.41) is 29.5. The Kier molecular flexibility index (Phi) is 28.9. The van der Waals surface area contributed by atoms with Gasteiger partial charge < -0.3 is 15.3 Å². The van der Waals surface area contributed by atoms with Crippen molar-refractivity contribution >= 4 is 11.9 Å². The molecule has 0 saturated heterocycles. The predicted octanol–water partition coefficient (Wildman–Crippen LogP) is 13.0. The molecule has 3 unspecified atom stereocenters. The Morgan fingerprint density at radius 1 is 0.417 bits per heavy atom. The van der Waals surface area contributed by atoms with E-state index in [0.717, 1.165) is 70.6 Å². The van der Waals surface area contributed by atoms with Crippen molar-refractivity contribution in [1.29, 1.82) is 0 Å². The van der Waals surface area contributed by atoms with Crippen LogP contribution in [0.2, 0.25) is 0 Å². The molecule has 48 heavy (non-hydrogen) atoms. The molecule has 0 amide bonds. The smallest absolute Gasteiger partial charge is 0.306 e. The first kappa shape index (κ1) is 46.9. The van der Waals surface area contributed by atoms with Crippen molar-refractivity contribution in [2.45, 2.75) is 216 Å². The number of carboxylic acids is 2. The molecular weight excluding hydrogens is 596 g/mol. The first-order valence-electron chi connectivity index (χ1n) is 20.8. The zero-order chi connectivity index (χ0) is 36.3. The van der Waals surface area contributed by atoms with Crippen molar-refractivity contribution in [3.8, 4) is 0 Å². The Morgan fingerprint density at radius 2 is 0.771 bits per heavy atom. The molecule has 3 N–H and O–H groups in total. The number of aliphatic carboxylic acids is 2. The molecule has 5 nitrogen and oxygen atoms in total. The number of aliphatic hydroxyl groups excluding tert-OH is 1. The average molecular weight is 681 g/mol. The molecule has 0 saturated carbocycles. The second-order valence-corrected chi connectivity index (χ2v) is 17.4. The monoisotopic (exact) mass is 681 g/mol. The van der Waals surface area contributed by atoms with E-state index in [1.807, 2.05) is 0 Å². The van der Waals surface area contributed by atoms with Crippen LogP contribution in [-0.4, -0.2) is 33.4 Å². The zero-order valence-corrected chi connectivity index (χ0v) is 33.3. The largest absolute Gasteiger partial charge is 0.481 e. The number of carboxylic acid groups (broad SMARTS) is 2. The Bertz CT molecular complexity index is 740. The van der Waals surface area contributed by atoms with Crippen molar-refractivity contribution in [3.63, 3.8) is 0 Å². The molecule has 0 radical (unpaired) electrons. The van der Waals surface area contributed by atoms with E-state index < -0.39 is 11.9 Å². The van der Waals surface area contributed by atoms with E-state index in [4.69, 9.17) is 5.11 Å². The molecule has 0 aromatic carbocycles. The van der Waals surface area contributed by atoms with Crippen LogP contribution in [0, 0.1) is 47.3 Å². The Labute approximate surface area is 299 Å². The molecule has 0 aromatic heterocycles. The SMILES string of the molecule is CC(C)CC(CC(C)C)C(CCCCCCCC(O)CCCCCCCCCCCC(=O)O)CCC(C(=O)O)C(CC(C)C)CC(C)C. The molecule has 286 valence electrons. The number of carbonyl (C=O) groups is 2. The zero-order valence-electron chi connectivity index (χ0n) is 33.3. The molecule has 0 aromatic rings. The fraction of sp³-hybridized carbons (Fsp3) is 0.953. The van der Waals surface area contributed by atoms with Gasteiger partial charge in [-0.3, -0.25) is 9.59 Å². The van der Waals surface area contributed by atoms with Crippen LogP contribution in [0.25, 0.3) is 0 Å². The average Bonchev–Trinajstić information content (AvgIpc) is 2.96. The minimum atomic E-state index is -0.683. The number of aliphatic hydroxyl groups is 1. The van der Waals surface area contributed by atoms with Crippen LogP contribution < -0.4 is 0 Å². The molecule has 0 bridgehead atoms. The molecular formula is C43H84O5. The molecule has 0 heterocycles. The minimum absolute atomic E-state index is 0.158.